The van der Waals surface area contributed by atoms with Crippen LogP contribution in [0.4, 0.5) is 17.1 Å². The van der Waals surface area contributed by atoms with E-state index in [4.69, 9.17) is 9.26 Å². The lowest BCUT2D eigenvalue weighted by Crippen LogP contribution is -2.27. The van der Waals surface area contributed by atoms with Crippen LogP contribution < -0.4 is 24.8 Å². The number of para-hydroxylation sites is 2. The normalized spacial score (nSPS) is 13.1. The van der Waals surface area contributed by atoms with Gasteiger partial charge in [0.25, 0.3) is 0 Å². The largest absolute Gasteiger partial charge is 0.456 e. The molecule has 0 radical (unpaired) electrons. The number of rotatable bonds is 5. The number of nitrogens with zero attached hydrogens (tertiary/aromatic N) is 1. The summed E-state index contributed by atoms with van der Waals surface area (Å²) in [5.74, 6) is 1.68. The van der Waals surface area contributed by atoms with Gasteiger partial charge in [0.15, 0.2) is 0 Å². The van der Waals surface area contributed by atoms with Crippen molar-refractivity contribution >= 4 is 35.0 Å². The Balaban J connectivity index is 1.40. The minimum atomic E-state index is -3.46. The average Bonchev–Trinajstić information content (AvgIpc) is 2.92. The fourth-order valence-electron chi connectivity index (χ4n) is 4.64. The van der Waals surface area contributed by atoms with Crippen molar-refractivity contribution in [1.29, 1.82) is 0 Å². The van der Waals surface area contributed by atoms with Crippen molar-refractivity contribution in [2.45, 2.75) is 13.8 Å². The Morgan fingerprint density at radius 2 is 1.05 bits per heavy atom. The monoisotopic (exact) mass is 503 g/mol. The van der Waals surface area contributed by atoms with Gasteiger partial charge >= 0.3 is 7.37 Å². The maximum Gasteiger partial charge on any atom is 0.314 e. The van der Waals surface area contributed by atoms with Crippen molar-refractivity contribution in [3.63, 3.8) is 0 Å². The van der Waals surface area contributed by atoms with Crippen LogP contribution >= 0.6 is 7.37 Å². The van der Waals surface area contributed by atoms with E-state index in [9.17, 15) is 4.57 Å². The third-order valence-corrected chi connectivity index (χ3v) is 8.88. The molecular weight excluding hydrogens is 477 g/mol. The van der Waals surface area contributed by atoms with Crippen LogP contribution in [0.15, 0.2) is 121 Å². The van der Waals surface area contributed by atoms with Crippen LogP contribution in [0.5, 0.6) is 17.2 Å². The van der Waals surface area contributed by atoms with Crippen LogP contribution in [0.1, 0.15) is 11.1 Å². The average molecular weight is 504 g/mol. The molecule has 1 aliphatic heterocycles. The van der Waals surface area contributed by atoms with E-state index in [1.807, 2.05) is 111 Å². The van der Waals surface area contributed by atoms with E-state index in [2.05, 4.69) is 29.2 Å². The highest BCUT2D eigenvalue weighted by molar-refractivity contribution is 7.75. The van der Waals surface area contributed by atoms with Crippen molar-refractivity contribution in [2.24, 2.45) is 0 Å². The number of ether oxygens (including phenoxy) is 1. The molecule has 37 heavy (non-hydrogen) atoms. The Morgan fingerprint density at radius 1 is 0.595 bits per heavy atom. The topological polar surface area (TPSA) is 38.8 Å². The lowest BCUT2D eigenvalue weighted by molar-refractivity contribution is 0.467. The zero-order valence-corrected chi connectivity index (χ0v) is 21.6. The molecule has 5 aromatic carbocycles. The molecule has 182 valence electrons. The minimum absolute atomic E-state index is 0.537. The minimum Gasteiger partial charge on any atom is -0.456 e. The number of aryl methyl sites for hydroxylation is 2. The predicted molar refractivity (Wildman–Crippen MR) is 151 cm³/mol. The first-order valence-electron chi connectivity index (χ1n) is 12.2. The van der Waals surface area contributed by atoms with Crippen LogP contribution in [0, 0.1) is 13.8 Å². The summed E-state index contributed by atoms with van der Waals surface area (Å²) in [6.45, 7) is 3.96. The highest BCUT2D eigenvalue weighted by Crippen LogP contribution is 2.53. The maximum absolute atomic E-state index is 14.7. The molecule has 5 heteroatoms. The molecule has 5 aromatic rings. The van der Waals surface area contributed by atoms with Crippen LogP contribution in [-0.2, 0) is 4.57 Å². The molecule has 4 nitrogen and oxygen atoms in total. The summed E-state index contributed by atoms with van der Waals surface area (Å²) in [7, 11) is -3.46. The second-order valence-corrected chi connectivity index (χ2v) is 11.4. The van der Waals surface area contributed by atoms with Crippen LogP contribution in [0.2, 0.25) is 0 Å². The molecule has 0 N–H and O–H groups in total. The van der Waals surface area contributed by atoms with E-state index in [0.717, 1.165) is 28.2 Å². The fourth-order valence-corrected chi connectivity index (χ4v) is 7.08. The van der Waals surface area contributed by atoms with Gasteiger partial charge in [0.05, 0.1) is 10.6 Å². The summed E-state index contributed by atoms with van der Waals surface area (Å²) < 4.78 is 27.2. The quantitative estimate of drug-likeness (QED) is 0.227. The van der Waals surface area contributed by atoms with Gasteiger partial charge in [0.2, 0.25) is 0 Å². The predicted octanol–water partition coefficient (Wildman–Crippen LogP) is 8.19. The molecule has 0 atom stereocenters. The highest BCUT2D eigenvalue weighted by atomic mass is 31.2. The third kappa shape index (κ3) is 4.30. The zero-order valence-electron chi connectivity index (χ0n) is 20.7. The third-order valence-electron chi connectivity index (χ3n) is 6.44. The fraction of sp³-hybridized carbons (Fsp3) is 0.0625. The number of anilines is 3. The van der Waals surface area contributed by atoms with Gasteiger partial charge in [-0.2, -0.15) is 0 Å². The number of hydrogen-bond acceptors (Lipinski definition) is 4. The van der Waals surface area contributed by atoms with Gasteiger partial charge in [-0.1, -0.05) is 48.5 Å². The molecular formula is C32H26NO3P. The Bertz CT molecular complexity index is 1520. The van der Waals surface area contributed by atoms with Crippen molar-refractivity contribution < 1.29 is 13.8 Å². The smallest absolute Gasteiger partial charge is 0.314 e. The number of hydrogen-bond donors (Lipinski definition) is 0. The van der Waals surface area contributed by atoms with Gasteiger partial charge < -0.3 is 14.2 Å². The molecule has 0 saturated heterocycles. The molecule has 0 aromatic heterocycles. The Morgan fingerprint density at radius 3 is 1.54 bits per heavy atom. The zero-order chi connectivity index (χ0) is 25.4. The molecule has 0 aliphatic carbocycles. The molecule has 0 spiro atoms. The van der Waals surface area contributed by atoms with Gasteiger partial charge in [-0.3, -0.25) is 4.57 Å². The van der Waals surface area contributed by atoms with Crippen LogP contribution in [0.3, 0.4) is 0 Å². The van der Waals surface area contributed by atoms with Crippen molar-refractivity contribution in [3.8, 4) is 17.2 Å². The van der Waals surface area contributed by atoms with Gasteiger partial charge in [0, 0.05) is 17.1 Å². The lowest BCUT2D eigenvalue weighted by Gasteiger charge is -2.29. The molecule has 0 unspecified atom stereocenters. The standard InChI is InChI=1S/C32H26NO3P/c1-23-13-19-29-31(21-23)37(34,32-22-24(2)14-20-30(32)35-29)36-28-17-15-27(16-18-28)33(25-9-5-3-6-10-25)26-11-7-4-8-12-26/h3-22H,1-2H3. The van der Waals surface area contributed by atoms with E-state index in [1.54, 1.807) is 0 Å². The van der Waals surface area contributed by atoms with Crippen molar-refractivity contribution in [2.75, 3.05) is 4.90 Å². The summed E-state index contributed by atoms with van der Waals surface area (Å²) in [6.07, 6.45) is 0. The maximum atomic E-state index is 14.7. The first kappa shape index (κ1) is 23.1. The molecule has 1 heterocycles. The van der Waals surface area contributed by atoms with Gasteiger partial charge in [-0.25, -0.2) is 0 Å². The summed E-state index contributed by atoms with van der Waals surface area (Å²) in [6, 6.07) is 39.7. The molecule has 6 rings (SSSR count). The first-order valence-corrected chi connectivity index (χ1v) is 13.8. The van der Waals surface area contributed by atoms with E-state index >= 15 is 0 Å². The molecule has 0 amide bonds. The van der Waals surface area contributed by atoms with Crippen LogP contribution in [-0.4, -0.2) is 0 Å². The highest BCUT2D eigenvalue weighted by Gasteiger charge is 2.40. The molecule has 0 fully saturated rings. The van der Waals surface area contributed by atoms with Gasteiger partial charge in [0.1, 0.15) is 17.2 Å². The van der Waals surface area contributed by atoms with Gasteiger partial charge in [-0.15, -0.1) is 0 Å². The van der Waals surface area contributed by atoms with Crippen molar-refractivity contribution in [1.82, 2.24) is 0 Å². The Labute approximate surface area is 217 Å². The van der Waals surface area contributed by atoms with Crippen molar-refractivity contribution in [3.05, 3.63) is 132 Å². The Kier molecular flexibility index (Phi) is 5.82. The van der Waals surface area contributed by atoms with E-state index in [-0.39, 0.29) is 0 Å². The molecule has 0 saturated carbocycles. The number of fused-ring (bicyclic) bond motifs is 2. The molecule has 1 aliphatic rings. The summed E-state index contributed by atoms with van der Waals surface area (Å²) in [5.41, 5.74) is 5.07. The van der Waals surface area contributed by atoms with Crippen LogP contribution in [0.25, 0.3) is 0 Å². The SMILES string of the molecule is Cc1ccc2c(c1)P(=O)(Oc1ccc(N(c3ccccc3)c3ccccc3)cc1)c1cc(C)ccc1O2. The van der Waals surface area contributed by atoms with E-state index in [0.29, 0.717) is 27.9 Å². The second-order valence-electron chi connectivity index (χ2n) is 9.19. The van der Waals surface area contributed by atoms with Gasteiger partial charge in [-0.05, 0) is 97.8 Å². The second kappa shape index (κ2) is 9.31. The Hall–Kier alpha value is -4.27. The number of benzene rings is 5. The summed E-state index contributed by atoms with van der Waals surface area (Å²) >= 11 is 0. The summed E-state index contributed by atoms with van der Waals surface area (Å²) in [4.78, 5) is 2.18. The first-order chi connectivity index (χ1) is 18.0. The van der Waals surface area contributed by atoms with E-state index < -0.39 is 7.37 Å². The molecule has 0 bridgehead atoms. The summed E-state index contributed by atoms with van der Waals surface area (Å²) in [5, 5.41) is 1.18. The lowest BCUT2D eigenvalue weighted by atomic mass is 10.2. The van der Waals surface area contributed by atoms with E-state index in [1.165, 1.54) is 0 Å².